The van der Waals surface area contributed by atoms with E-state index in [0.29, 0.717) is 24.1 Å². The van der Waals surface area contributed by atoms with Crippen LogP contribution in [0.5, 0.6) is 11.5 Å². The first-order valence-corrected chi connectivity index (χ1v) is 11.5. The van der Waals surface area contributed by atoms with Gasteiger partial charge in [-0.1, -0.05) is 6.07 Å². The molecule has 3 fully saturated rings. The van der Waals surface area contributed by atoms with Gasteiger partial charge in [0.05, 0.1) is 12.7 Å². The van der Waals surface area contributed by atoms with Crippen molar-refractivity contribution in [1.82, 2.24) is 4.90 Å². The van der Waals surface area contributed by atoms with Gasteiger partial charge in [-0.2, -0.15) is 0 Å². The predicted octanol–water partition coefficient (Wildman–Crippen LogP) is -0.754. The normalized spacial score (nSPS) is 47.1. The number of hydrogen-bond donors (Lipinski definition) is 5. The Morgan fingerprint density at radius 3 is 2.75 bits per heavy atom. The number of phenols is 1. The number of aliphatic hydroxyl groups is 4. The molecule has 9 nitrogen and oxygen atoms in total. The monoisotopic (exact) mass is 449 g/mol. The molecule has 1 saturated carbocycles. The third kappa shape index (κ3) is 2.64. The highest BCUT2D eigenvalue weighted by atomic mass is 16.7. The van der Waals surface area contributed by atoms with Gasteiger partial charge in [0.1, 0.15) is 30.5 Å². The van der Waals surface area contributed by atoms with Crippen LogP contribution in [0.1, 0.15) is 30.4 Å². The van der Waals surface area contributed by atoms with Gasteiger partial charge in [0.15, 0.2) is 17.8 Å². The summed E-state index contributed by atoms with van der Waals surface area (Å²) >= 11 is 0. The summed E-state index contributed by atoms with van der Waals surface area (Å²) in [6.45, 7) is 0.417. The Morgan fingerprint density at radius 1 is 1.16 bits per heavy atom. The van der Waals surface area contributed by atoms with Crippen molar-refractivity contribution in [2.24, 2.45) is 5.92 Å². The van der Waals surface area contributed by atoms with E-state index >= 15 is 0 Å². The molecule has 6 rings (SSSR count). The largest absolute Gasteiger partial charge is 0.504 e. The van der Waals surface area contributed by atoms with E-state index in [1.54, 1.807) is 6.07 Å². The Kier molecular flexibility index (Phi) is 4.79. The second kappa shape index (κ2) is 7.27. The highest BCUT2D eigenvalue weighted by Crippen LogP contribution is 2.64. The van der Waals surface area contributed by atoms with Gasteiger partial charge >= 0.3 is 0 Å². The van der Waals surface area contributed by atoms with Gasteiger partial charge in [-0.05, 0) is 56.8 Å². The minimum atomic E-state index is -1.49. The molecule has 176 valence electrons. The molecule has 8 unspecified atom stereocenters. The van der Waals surface area contributed by atoms with Crippen molar-refractivity contribution in [3.8, 4) is 11.5 Å². The summed E-state index contributed by atoms with van der Waals surface area (Å²) in [4.78, 5) is 2.43. The molecule has 2 saturated heterocycles. The van der Waals surface area contributed by atoms with Gasteiger partial charge in [-0.25, -0.2) is 0 Å². The number of benzene rings is 1. The van der Waals surface area contributed by atoms with Crippen molar-refractivity contribution in [3.63, 3.8) is 0 Å². The minimum absolute atomic E-state index is 0.134. The second-order valence-electron chi connectivity index (χ2n) is 10.1. The fraction of sp³-hybridized carbons (Fsp3) is 0.739. The van der Waals surface area contributed by atoms with E-state index < -0.39 is 43.4 Å². The van der Waals surface area contributed by atoms with Crippen LogP contribution in [0.2, 0.25) is 0 Å². The average molecular weight is 450 g/mol. The van der Waals surface area contributed by atoms with Crippen molar-refractivity contribution in [2.45, 2.75) is 80.1 Å². The molecule has 3 heterocycles. The lowest BCUT2D eigenvalue weighted by atomic mass is 9.51. The number of aromatic hydroxyl groups is 1. The van der Waals surface area contributed by atoms with Crippen molar-refractivity contribution >= 4 is 0 Å². The smallest absolute Gasteiger partial charge is 0.187 e. The first kappa shape index (κ1) is 21.1. The molecule has 0 amide bonds. The lowest BCUT2D eigenvalue weighted by Crippen LogP contribution is -2.67. The topological polar surface area (TPSA) is 132 Å². The molecule has 5 N–H and O–H groups in total. The van der Waals surface area contributed by atoms with E-state index in [0.717, 1.165) is 31.4 Å². The predicted molar refractivity (Wildman–Crippen MR) is 110 cm³/mol. The Hall–Kier alpha value is -1.46. The molecular formula is C23H31NO8. The summed E-state index contributed by atoms with van der Waals surface area (Å²) in [5.74, 6) is 1.05. The zero-order chi connectivity index (χ0) is 22.4. The summed E-state index contributed by atoms with van der Waals surface area (Å²) < 4.78 is 18.3. The number of likely N-dealkylation sites (N-methyl/N-ethyl adjacent to an activating group) is 1. The minimum Gasteiger partial charge on any atom is -0.504 e. The highest BCUT2D eigenvalue weighted by Gasteiger charge is 2.66. The number of aliphatic hydroxyl groups excluding tert-OH is 4. The van der Waals surface area contributed by atoms with Crippen LogP contribution in [0.15, 0.2) is 12.1 Å². The number of nitrogens with zero attached hydrogens (tertiary/aromatic N) is 1. The van der Waals surface area contributed by atoms with Crippen LogP contribution in [0.4, 0.5) is 0 Å². The van der Waals surface area contributed by atoms with Crippen LogP contribution in [-0.2, 0) is 21.3 Å². The molecule has 9 heteroatoms. The first-order valence-electron chi connectivity index (χ1n) is 11.5. The number of ether oxygens (including phenoxy) is 3. The summed E-state index contributed by atoms with van der Waals surface area (Å²) in [7, 11) is 2.17. The van der Waals surface area contributed by atoms with Crippen LogP contribution in [0.3, 0.4) is 0 Å². The van der Waals surface area contributed by atoms with Crippen LogP contribution in [0, 0.1) is 5.92 Å². The van der Waals surface area contributed by atoms with Crippen LogP contribution in [0.25, 0.3) is 0 Å². The van der Waals surface area contributed by atoms with E-state index in [4.69, 9.17) is 14.2 Å². The lowest BCUT2D eigenvalue weighted by molar-refractivity contribution is -0.321. The van der Waals surface area contributed by atoms with Crippen molar-refractivity contribution < 1.29 is 39.7 Å². The number of likely N-dealkylation sites (tertiary alicyclic amines) is 1. The standard InChI is InChI=1S/C23H31NO8/c1-24-7-6-23-11-3-5-14(30-22-19(29)18(28)17(27)15(9-25)31-22)21(23)32-20-13(26)4-2-10(16(20)23)8-12(11)24/h2,4,11-12,14-15,17-19,21-22,25-29H,3,5-9H2,1H3/t11?,12?,14-,15?,17?,18?,19?,21+,22?,23?/m1/s1. The summed E-state index contributed by atoms with van der Waals surface area (Å²) in [5.41, 5.74) is 2.04. The highest BCUT2D eigenvalue weighted by molar-refractivity contribution is 5.60. The van der Waals surface area contributed by atoms with Gasteiger partial charge < -0.3 is 44.6 Å². The molecule has 0 radical (unpaired) electrons. The van der Waals surface area contributed by atoms with Crippen LogP contribution >= 0.6 is 0 Å². The fourth-order valence-corrected chi connectivity index (χ4v) is 7.18. The summed E-state index contributed by atoms with van der Waals surface area (Å²) in [5, 5.41) is 50.9. The molecule has 10 atom stereocenters. The molecule has 1 spiro atoms. The summed E-state index contributed by atoms with van der Waals surface area (Å²) in [6, 6.07) is 4.10. The Balaban J connectivity index is 1.36. The maximum Gasteiger partial charge on any atom is 0.187 e. The summed E-state index contributed by atoms with van der Waals surface area (Å²) in [6.07, 6.45) is -3.97. The maximum absolute atomic E-state index is 10.6. The first-order chi connectivity index (χ1) is 15.4. The molecular weight excluding hydrogens is 418 g/mol. The van der Waals surface area contributed by atoms with Gasteiger partial charge in [0.25, 0.3) is 0 Å². The zero-order valence-corrected chi connectivity index (χ0v) is 18.0. The Bertz CT molecular complexity index is 910. The zero-order valence-electron chi connectivity index (χ0n) is 18.0. The molecule has 1 aromatic rings. The number of piperidine rings is 1. The quantitative estimate of drug-likeness (QED) is 0.404. The molecule has 2 aliphatic carbocycles. The molecule has 5 aliphatic rings. The number of rotatable bonds is 3. The van der Waals surface area contributed by atoms with E-state index in [1.807, 2.05) is 6.07 Å². The van der Waals surface area contributed by atoms with Crippen molar-refractivity contribution in [1.29, 1.82) is 0 Å². The third-order valence-corrected chi connectivity index (χ3v) is 8.70. The SMILES string of the molecule is CN1CCC23c4c5ccc(O)c4O[C@H]2[C@H](OC2OC(CO)C(O)C(O)C2O)CCC3C1C5. The van der Waals surface area contributed by atoms with E-state index in [2.05, 4.69) is 11.9 Å². The second-order valence-corrected chi connectivity index (χ2v) is 10.1. The molecule has 32 heavy (non-hydrogen) atoms. The van der Waals surface area contributed by atoms with E-state index in [1.165, 1.54) is 5.56 Å². The van der Waals surface area contributed by atoms with Crippen LogP contribution in [-0.4, -0.2) is 99.6 Å². The van der Waals surface area contributed by atoms with Gasteiger partial charge in [-0.15, -0.1) is 0 Å². The van der Waals surface area contributed by atoms with Crippen molar-refractivity contribution in [2.75, 3.05) is 20.2 Å². The lowest BCUT2D eigenvalue weighted by Gasteiger charge is -2.59. The maximum atomic E-state index is 10.6. The average Bonchev–Trinajstić information content (AvgIpc) is 3.14. The number of phenolic OH excluding ortho intramolecular Hbond substituents is 1. The number of hydrogen-bond acceptors (Lipinski definition) is 9. The van der Waals surface area contributed by atoms with Gasteiger partial charge in [-0.3, -0.25) is 0 Å². The molecule has 2 bridgehead atoms. The van der Waals surface area contributed by atoms with E-state index in [-0.39, 0.29) is 17.3 Å². The third-order valence-electron chi connectivity index (χ3n) is 8.70. The fourth-order valence-electron chi connectivity index (χ4n) is 7.18. The van der Waals surface area contributed by atoms with E-state index in [9.17, 15) is 25.5 Å². The van der Waals surface area contributed by atoms with Gasteiger partial charge in [0, 0.05) is 17.0 Å². The Labute approximate surface area is 186 Å². The Morgan fingerprint density at radius 2 is 1.97 bits per heavy atom. The van der Waals surface area contributed by atoms with Crippen molar-refractivity contribution in [3.05, 3.63) is 23.3 Å². The molecule has 1 aromatic carbocycles. The molecule has 0 aromatic heterocycles. The van der Waals surface area contributed by atoms with Gasteiger partial charge in [0.2, 0.25) is 0 Å². The van der Waals surface area contributed by atoms with Crippen LogP contribution < -0.4 is 4.74 Å². The molecule has 3 aliphatic heterocycles.